The lowest BCUT2D eigenvalue weighted by Crippen LogP contribution is -2.60. The minimum atomic E-state index is -0.713. The van der Waals surface area contributed by atoms with Crippen molar-refractivity contribution in [2.45, 2.75) is 30.2 Å². The molecule has 2 aliphatic rings. The fourth-order valence-electron chi connectivity index (χ4n) is 2.11. The minimum Gasteiger partial charge on any atom is -0.480 e. The number of hydrogen-bond donors (Lipinski definition) is 3. The smallest absolute Gasteiger partial charge is 0.320 e. The van der Waals surface area contributed by atoms with Crippen LogP contribution in [-0.2, 0) is 4.79 Å². The van der Waals surface area contributed by atoms with Crippen LogP contribution in [0.4, 0.5) is 0 Å². The van der Waals surface area contributed by atoms with Gasteiger partial charge in [-0.25, -0.2) is 0 Å². The highest BCUT2D eigenvalue weighted by Crippen LogP contribution is 2.34. The molecule has 0 aromatic rings. The molecule has 2 saturated heterocycles. The molecule has 0 radical (unpaired) electrons. The molecule has 2 aliphatic heterocycles. The molecular formula is C9H16N2O2S. The molecule has 2 atom stereocenters. The van der Waals surface area contributed by atoms with Crippen LogP contribution < -0.4 is 10.6 Å². The van der Waals surface area contributed by atoms with Crippen molar-refractivity contribution < 1.29 is 9.90 Å². The summed E-state index contributed by atoms with van der Waals surface area (Å²) < 4.78 is 0. The van der Waals surface area contributed by atoms with E-state index in [-0.39, 0.29) is 10.9 Å². The first-order valence-corrected chi connectivity index (χ1v) is 6.06. The number of aliphatic carboxylic acids is 1. The quantitative estimate of drug-likeness (QED) is 0.586. The minimum absolute atomic E-state index is 0.0143. The molecule has 0 aliphatic carbocycles. The van der Waals surface area contributed by atoms with Gasteiger partial charge in [0.05, 0.1) is 4.87 Å². The van der Waals surface area contributed by atoms with Crippen LogP contribution in [0.1, 0.15) is 19.3 Å². The molecule has 0 aromatic carbocycles. The number of hydrogen-bond acceptors (Lipinski definition) is 4. The van der Waals surface area contributed by atoms with Gasteiger partial charge < -0.3 is 10.4 Å². The summed E-state index contributed by atoms with van der Waals surface area (Å²) in [5.74, 6) is 0.237. The van der Waals surface area contributed by atoms with Crippen molar-refractivity contribution in [2.75, 3.05) is 18.8 Å². The zero-order valence-corrected chi connectivity index (χ0v) is 8.90. The van der Waals surface area contributed by atoms with Gasteiger partial charge in [0, 0.05) is 6.54 Å². The number of nitrogens with one attached hydrogen (secondary N) is 2. The molecule has 3 N–H and O–H groups in total. The predicted molar refractivity (Wildman–Crippen MR) is 56.5 cm³/mol. The number of carboxylic acids is 1. The molecular weight excluding hydrogens is 200 g/mol. The Balaban J connectivity index is 2.01. The van der Waals surface area contributed by atoms with E-state index in [0.29, 0.717) is 0 Å². The summed E-state index contributed by atoms with van der Waals surface area (Å²) in [5.41, 5.74) is 0. The lowest BCUT2D eigenvalue weighted by Gasteiger charge is -2.43. The van der Waals surface area contributed by atoms with Crippen LogP contribution in [0.25, 0.3) is 0 Å². The Morgan fingerprint density at radius 1 is 1.57 bits per heavy atom. The summed E-state index contributed by atoms with van der Waals surface area (Å²) in [5, 5.41) is 15.6. The molecule has 0 aromatic heterocycles. The number of carbonyl (C=O) groups is 1. The second kappa shape index (κ2) is 4.08. The Hall–Kier alpha value is -0.260. The van der Waals surface area contributed by atoms with Crippen molar-refractivity contribution in [2.24, 2.45) is 0 Å². The van der Waals surface area contributed by atoms with Crippen LogP contribution in [0.2, 0.25) is 0 Å². The first kappa shape index (κ1) is 10.3. The van der Waals surface area contributed by atoms with E-state index >= 15 is 0 Å². The molecule has 2 fully saturated rings. The van der Waals surface area contributed by atoms with Crippen LogP contribution in [0.15, 0.2) is 0 Å². The highest BCUT2D eigenvalue weighted by Gasteiger charge is 2.39. The zero-order valence-electron chi connectivity index (χ0n) is 8.08. The Morgan fingerprint density at radius 2 is 2.43 bits per heavy atom. The van der Waals surface area contributed by atoms with Gasteiger partial charge in [-0.15, -0.1) is 11.8 Å². The molecule has 0 saturated carbocycles. The molecule has 0 amide bonds. The maximum atomic E-state index is 10.9. The van der Waals surface area contributed by atoms with Crippen LogP contribution in [-0.4, -0.2) is 40.8 Å². The van der Waals surface area contributed by atoms with Gasteiger partial charge in [0.25, 0.3) is 0 Å². The summed E-state index contributed by atoms with van der Waals surface area (Å²) in [6, 6.07) is -0.351. The molecule has 14 heavy (non-hydrogen) atoms. The summed E-state index contributed by atoms with van der Waals surface area (Å²) in [6.45, 7) is 1.95. The van der Waals surface area contributed by atoms with E-state index in [1.54, 1.807) is 0 Å². The highest BCUT2D eigenvalue weighted by molar-refractivity contribution is 8.00. The van der Waals surface area contributed by atoms with Gasteiger partial charge >= 0.3 is 5.97 Å². The predicted octanol–water partition coefficient (Wildman–Crippen LogP) is 0.246. The van der Waals surface area contributed by atoms with Crippen molar-refractivity contribution in [1.82, 2.24) is 10.6 Å². The Bertz CT molecular complexity index is 223. The summed E-state index contributed by atoms with van der Waals surface area (Å²) in [6.07, 6.45) is 2.95. The zero-order chi connectivity index (χ0) is 10.0. The van der Waals surface area contributed by atoms with Gasteiger partial charge in [-0.05, 0) is 31.6 Å². The first-order chi connectivity index (χ1) is 6.72. The number of thioether (sulfide) groups is 1. The third-order valence-electron chi connectivity index (χ3n) is 2.86. The van der Waals surface area contributed by atoms with E-state index in [2.05, 4.69) is 10.6 Å². The second-order valence-corrected chi connectivity index (χ2v) is 5.43. The molecule has 4 nitrogen and oxygen atoms in total. The average Bonchev–Trinajstić information content (AvgIpc) is 2.19. The van der Waals surface area contributed by atoms with E-state index in [1.165, 1.54) is 0 Å². The van der Waals surface area contributed by atoms with E-state index in [4.69, 9.17) is 5.11 Å². The van der Waals surface area contributed by atoms with E-state index in [1.807, 2.05) is 11.8 Å². The second-order valence-electron chi connectivity index (χ2n) is 3.95. The Labute approximate surface area is 87.8 Å². The van der Waals surface area contributed by atoms with Crippen molar-refractivity contribution >= 4 is 17.7 Å². The standard InChI is InChI=1S/C9H16N2O2S/c12-8(13)7-2-5-14-9(11-7)3-1-4-10-6-9/h7,10-11H,1-6H2,(H,12,13). The Kier molecular flexibility index (Phi) is 2.99. The van der Waals surface area contributed by atoms with Crippen molar-refractivity contribution in [3.63, 3.8) is 0 Å². The molecule has 2 unspecified atom stereocenters. The third kappa shape index (κ3) is 2.04. The largest absolute Gasteiger partial charge is 0.480 e. The van der Waals surface area contributed by atoms with Crippen LogP contribution in [0.3, 0.4) is 0 Å². The van der Waals surface area contributed by atoms with E-state index < -0.39 is 5.97 Å². The Morgan fingerprint density at radius 3 is 3.07 bits per heavy atom. The van der Waals surface area contributed by atoms with Crippen LogP contribution >= 0.6 is 11.8 Å². The SMILES string of the molecule is O=C(O)C1CCSC2(CCCNC2)N1. The van der Waals surface area contributed by atoms with Crippen molar-refractivity contribution in [3.05, 3.63) is 0 Å². The van der Waals surface area contributed by atoms with Crippen molar-refractivity contribution in [3.8, 4) is 0 Å². The topological polar surface area (TPSA) is 61.4 Å². The average molecular weight is 216 g/mol. The van der Waals surface area contributed by atoms with Gasteiger partial charge in [0.2, 0.25) is 0 Å². The van der Waals surface area contributed by atoms with E-state index in [0.717, 1.165) is 38.1 Å². The lowest BCUT2D eigenvalue weighted by atomic mass is 10.0. The molecule has 5 heteroatoms. The van der Waals surface area contributed by atoms with Gasteiger partial charge in [-0.3, -0.25) is 10.1 Å². The molecule has 0 bridgehead atoms. The number of carboxylic acid groups (broad SMARTS) is 1. The van der Waals surface area contributed by atoms with Gasteiger partial charge in [-0.2, -0.15) is 0 Å². The molecule has 2 heterocycles. The van der Waals surface area contributed by atoms with Gasteiger partial charge in [0.1, 0.15) is 6.04 Å². The third-order valence-corrected chi connectivity index (χ3v) is 4.32. The monoisotopic (exact) mass is 216 g/mol. The summed E-state index contributed by atoms with van der Waals surface area (Å²) in [4.78, 5) is 10.9. The highest BCUT2D eigenvalue weighted by atomic mass is 32.2. The maximum absolute atomic E-state index is 10.9. The molecule has 80 valence electrons. The lowest BCUT2D eigenvalue weighted by molar-refractivity contribution is -0.140. The normalized spacial score (nSPS) is 38.4. The number of piperidine rings is 1. The fourth-order valence-corrected chi connectivity index (χ4v) is 3.58. The van der Waals surface area contributed by atoms with Crippen molar-refractivity contribution in [1.29, 1.82) is 0 Å². The fraction of sp³-hybridized carbons (Fsp3) is 0.889. The summed E-state index contributed by atoms with van der Waals surface area (Å²) >= 11 is 1.87. The maximum Gasteiger partial charge on any atom is 0.320 e. The van der Waals surface area contributed by atoms with Crippen LogP contribution in [0, 0.1) is 0 Å². The van der Waals surface area contributed by atoms with Gasteiger partial charge in [-0.1, -0.05) is 0 Å². The summed E-state index contributed by atoms with van der Waals surface area (Å²) in [7, 11) is 0. The molecule has 1 spiro atoms. The molecule has 2 rings (SSSR count). The van der Waals surface area contributed by atoms with Crippen LogP contribution in [0.5, 0.6) is 0 Å². The first-order valence-electron chi connectivity index (χ1n) is 5.07. The van der Waals surface area contributed by atoms with Gasteiger partial charge in [0.15, 0.2) is 0 Å². The van der Waals surface area contributed by atoms with E-state index in [9.17, 15) is 4.79 Å². The number of rotatable bonds is 1.